The number of alkyl halides is 6. The molecule has 0 aliphatic carbocycles. The lowest BCUT2D eigenvalue weighted by Crippen LogP contribution is -2.17. The van der Waals surface area contributed by atoms with Gasteiger partial charge in [0.1, 0.15) is 5.75 Å². The number of carboxylic acids is 1. The van der Waals surface area contributed by atoms with Crippen molar-refractivity contribution in [2.75, 3.05) is 0 Å². The highest BCUT2D eigenvalue weighted by atomic mass is 19.4. The van der Waals surface area contributed by atoms with Crippen LogP contribution in [0.3, 0.4) is 0 Å². The number of benzene rings is 2. The third kappa shape index (κ3) is 4.88. The van der Waals surface area contributed by atoms with E-state index in [9.17, 15) is 31.1 Å². The van der Waals surface area contributed by atoms with Crippen LogP contribution in [-0.4, -0.2) is 17.4 Å². The van der Waals surface area contributed by atoms with Gasteiger partial charge in [-0.2, -0.15) is 13.2 Å². The van der Waals surface area contributed by atoms with E-state index >= 15 is 0 Å². The molecule has 0 amide bonds. The first kappa shape index (κ1) is 18.6. The van der Waals surface area contributed by atoms with Crippen LogP contribution in [0.5, 0.6) is 5.75 Å². The van der Waals surface area contributed by atoms with E-state index < -0.39 is 36.2 Å². The Kier molecular flexibility index (Phi) is 4.96. The molecule has 0 bridgehead atoms. The molecule has 2 rings (SSSR count). The van der Waals surface area contributed by atoms with Gasteiger partial charge in [0.25, 0.3) is 0 Å². The number of rotatable bonds is 4. The van der Waals surface area contributed by atoms with Gasteiger partial charge in [-0.25, -0.2) is 0 Å². The summed E-state index contributed by atoms with van der Waals surface area (Å²) in [5.74, 6) is -2.06. The van der Waals surface area contributed by atoms with Gasteiger partial charge in [-0.15, -0.1) is 13.2 Å². The van der Waals surface area contributed by atoms with Gasteiger partial charge in [0.2, 0.25) is 0 Å². The highest BCUT2D eigenvalue weighted by molar-refractivity contribution is 5.79. The smallest absolute Gasteiger partial charge is 0.481 e. The molecule has 134 valence electrons. The van der Waals surface area contributed by atoms with Gasteiger partial charge in [0, 0.05) is 5.56 Å². The molecule has 9 heteroatoms. The first-order chi connectivity index (χ1) is 11.5. The predicted molar refractivity (Wildman–Crippen MR) is 74.9 cm³/mol. The van der Waals surface area contributed by atoms with Gasteiger partial charge < -0.3 is 9.84 Å². The van der Waals surface area contributed by atoms with Crippen molar-refractivity contribution < 1.29 is 41.0 Å². The van der Waals surface area contributed by atoms with Crippen LogP contribution in [0.15, 0.2) is 42.5 Å². The summed E-state index contributed by atoms with van der Waals surface area (Å²) in [4.78, 5) is 10.9. The van der Waals surface area contributed by atoms with Gasteiger partial charge in [0.05, 0.1) is 12.0 Å². The summed E-state index contributed by atoms with van der Waals surface area (Å²) in [6.45, 7) is 0. The van der Waals surface area contributed by atoms with E-state index in [0.717, 1.165) is 12.1 Å². The second-order valence-electron chi connectivity index (χ2n) is 4.98. The van der Waals surface area contributed by atoms with E-state index in [0.29, 0.717) is 12.1 Å². The summed E-state index contributed by atoms with van der Waals surface area (Å²) in [6, 6.07) is 7.02. The highest BCUT2D eigenvalue weighted by Gasteiger charge is 2.33. The number of carboxylic acid groups (broad SMARTS) is 1. The van der Waals surface area contributed by atoms with Gasteiger partial charge in [0.15, 0.2) is 0 Å². The van der Waals surface area contributed by atoms with Crippen LogP contribution >= 0.6 is 0 Å². The van der Waals surface area contributed by atoms with Crippen LogP contribution in [-0.2, 0) is 17.4 Å². The molecule has 0 aromatic heterocycles. The topological polar surface area (TPSA) is 46.5 Å². The first-order valence-electron chi connectivity index (χ1n) is 6.74. The normalized spacial score (nSPS) is 12.1. The van der Waals surface area contributed by atoms with Crippen molar-refractivity contribution in [3.8, 4) is 16.9 Å². The van der Waals surface area contributed by atoms with Crippen molar-refractivity contribution in [3.05, 3.63) is 53.6 Å². The molecule has 0 atom stereocenters. The van der Waals surface area contributed by atoms with Crippen LogP contribution in [0.2, 0.25) is 0 Å². The monoisotopic (exact) mass is 364 g/mol. The lowest BCUT2D eigenvalue weighted by atomic mass is 9.95. The maximum atomic E-state index is 12.8. The van der Waals surface area contributed by atoms with Crippen LogP contribution in [0, 0.1) is 0 Å². The van der Waals surface area contributed by atoms with E-state index in [-0.39, 0.29) is 16.7 Å². The molecule has 3 nitrogen and oxygen atoms in total. The average molecular weight is 364 g/mol. The fourth-order valence-electron chi connectivity index (χ4n) is 2.24. The molecule has 0 aliphatic heterocycles. The molecule has 2 aromatic rings. The predicted octanol–water partition coefficient (Wildman–Crippen LogP) is 4.90. The molecule has 0 saturated heterocycles. The van der Waals surface area contributed by atoms with Crippen molar-refractivity contribution in [1.29, 1.82) is 0 Å². The second-order valence-corrected chi connectivity index (χ2v) is 4.98. The molecule has 2 aromatic carbocycles. The number of hydrogen-bond donors (Lipinski definition) is 1. The lowest BCUT2D eigenvalue weighted by Gasteiger charge is -2.17. The Bertz CT molecular complexity index is 780. The maximum absolute atomic E-state index is 12.8. The van der Waals surface area contributed by atoms with Gasteiger partial charge in [-0.1, -0.05) is 24.3 Å². The van der Waals surface area contributed by atoms with Crippen molar-refractivity contribution in [2.45, 2.75) is 19.0 Å². The molecular formula is C16H10F6O3. The zero-order valence-corrected chi connectivity index (χ0v) is 12.3. The fourth-order valence-corrected chi connectivity index (χ4v) is 2.24. The van der Waals surface area contributed by atoms with E-state index in [4.69, 9.17) is 5.11 Å². The van der Waals surface area contributed by atoms with Crippen molar-refractivity contribution >= 4 is 5.97 Å². The van der Waals surface area contributed by atoms with Crippen LogP contribution in [0.1, 0.15) is 11.1 Å². The SMILES string of the molecule is O=C(O)Cc1cc(C(F)(F)F)ccc1-c1ccccc1OC(F)(F)F. The van der Waals surface area contributed by atoms with E-state index in [1.54, 1.807) is 0 Å². The largest absolute Gasteiger partial charge is 0.573 e. The summed E-state index contributed by atoms with van der Waals surface area (Å²) < 4.78 is 79.8. The Morgan fingerprint density at radius 3 is 2.16 bits per heavy atom. The Morgan fingerprint density at radius 2 is 1.60 bits per heavy atom. The number of hydrogen-bond acceptors (Lipinski definition) is 2. The minimum Gasteiger partial charge on any atom is -0.481 e. The second kappa shape index (κ2) is 6.66. The van der Waals surface area contributed by atoms with Gasteiger partial charge in [-0.3, -0.25) is 4.79 Å². The minimum absolute atomic E-state index is 0.0877. The van der Waals surface area contributed by atoms with E-state index in [1.807, 2.05) is 0 Å². The van der Waals surface area contributed by atoms with Gasteiger partial charge >= 0.3 is 18.5 Å². The zero-order chi connectivity index (χ0) is 18.8. The number of aliphatic carboxylic acids is 1. The van der Waals surface area contributed by atoms with Crippen LogP contribution in [0.4, 0.5) is 26.3 Å². The molecule has 1 N–H and O–H groups in total. The van der Waals surface area contributed by atoms with Crippen LogP contribution in [0.25, 0.3) is 11.1 Å². The first-order valence-corrected chi connectivity index (χ1v) is 6.74. The molecule has 0 heterocycles. The Hall–Kier alpha value is -2.71. The molecule has 0 unspecified atom stereocenters. The molecule has 0 fully saturated rings. The number of para-hydroxylation sites is 1. The quantitative estimate of drug-likeness (QED) is 0.785. The molecule has 25 heavy (non-hydrogen) atoms. The summed E-state index contributed by atoms with van der Waals surface area (Å²) in [5.41, 5.74) is -1.62. The van der Waals surface area contributed by atoms with Crippen molar-refractivity contribution in [2.24, 2.45) is 0 Å². The molecular weight excluding hydrogens is 354 g/mol. The summed E-state index contributed by atoms with van der Waals surface area (Å²) in [5, 5.41) is 8.90. The summed E-state index contributed by atoms with van der Waals surface area (Å²) in [6.07, 6.45) is -10.5. The summed E-state index contributed by atoms with van der Waals surface area (Å²) >= 11 is 0. The molecule has 0 aliphatic rings. The molecule has 0 radical (unpaired) electrons. The third-order valence-corrected chi connectivity index (χ3v) is 3.18. The fraction of sp³-hybridized carbons (Fsp3) is 0.188. The minimum atomic E-state index is -5.00. The Balaban J connectivity index is 2.61. The summed E-state index contributed by atoms with van der Waals surface area (Å²) in [7, 11) is 0. The zero-order valence-electron chi connectivity index (χ0n) is 12.3. The van der Waals surface area contributed by atoms with Gasteiger partial charge in [-0.05, 0) is 29.3 Å². The molecule has 0 saturated carbocycles. The Labute approximate surface area is 137 Å². The van der Waals surface area contributed by atoms with Crippen molar-refractivity contribution in [3.63, 3.8) is 0 Å². The molecule has 0 spiro atoms. The number of carbonyl (C=O) groups is 1. The van der Waals surface area contributed by atoms with Crippen LogP contribution < -0.4 is 4.74 Å². The van der Waals surface area contributed by atoms with E-state index in [2.05, 4.69) is 4.74 Å². The third-order valence-electron chi connectivity index (χ3n) is 3.18. The highest BCUT2D eigenvalue weighted by Crippen LogP contribution is 2.38. The number of ether oxygens (including phenoxy) is 1. The van der Waals surface area contributed by atoms with E-state index in [1.165, 1.54) is 18.2 Å². The maximum Gasteiger partial charge on any atom is 0.573 e. The number of halogens is 6. The van der Waals surface area contributed by atoms with Crippen molar-refractivity contribution in [1.82, 2.24) is 0 Å². The average Bonchev–Trinajstić information content (AvgIpc) is 2.45. The Morgan fingerprint density at radius 1 is 0.960 bits per heavy atom. The lowest BCUT2D eigenvalue weighted by molar-refractivity contribution is -0.274. The standard InChI is InChI=1S/C16H10F6O3/c17-15(18,19)10-5-6-11(9(7-10)8-14(23)24)12-3-1-2-4-13(12)25-16(20,21)22/h1-7H,8H2,(H,23,24).